The Morgan fingerprint density at radius 3 is 2.53 bits per heavy atom. The Balaban J connectivity index is 1.62. The van der Waals surface area contributed by atoms with Crippen molar-refractivity contribution in [2.45, 2.75) is 81.7 Å². The number of benzene rings is 2. The van der Waals surface area contributed by atoms with Crippen LogP contribution in [0.25, 0.3) is 22.7 Å². The Hall–Kier alpha value is -3.06. The van der Waals surface area contributed by atoms with E-state index >= 15 is 0 Å². The Morgan fingerprint density at radius 2 is 1.76 bits per heavy atom. The number of thioether (sulfide) groups is 1. The molecule has 1 saturated carbocycles. The van der Waals surface area contributed by atoms with Gasteiger partial charge in [0, 0.05) is 22.3 Å². The zero-order chi connectivity index (χ0) is 26.1. The molecule has 2 heterocycles. The van der Waals surface area contributed by atoms with Crippen LogP contribution < -0.4 is 10.3 Å². The van der Waals surface area contributed by atoms with Crippen molar-refractivity contribution in [3.05, 3.63) is 70.0 Å². The normalized spacial score (nSPS) is 15.9. The second-order valence-electron chi connectivity index (χ2n) is 10.8. The van der Waals surface area contributed by atoms with Gasteiger partial charge in [-0.25, -0.2) is 4.57 Å². The fraction of sp³-hybridized carbons (Fsp3) is 0.452. The van der Waals surface area contributed by atoms with Crippen LogP contribution in [0.3, 0.4) is 0 Å². The highest BCUT2D eigenvalue weighted by atomic mass is 32.2. The van der Waals surface area contributed by atoms with Crippen LogP contribution in [0.1, 0.15) is 75.8 Å². The Bertz CT molecular complexity index is 1500. The topological polar surface area (TPSA) is 61.4 Å². The number of nitrogens with zero attached hydrogens (tertiary/aromatic N) is 4. The molecule has 1 fully saturated rings. The molecule has 0 saturated heterocycles. The van der Waals surface area contributed by atoms with E-state index in [0.29, 0.717) is 5.78 Å². The van der Waals surface area contributed by atoms with Crippen LogP contribution in [-0.2, 0) is 11.8 Å². The highest BCUT2D eigenvalue weighted by Crippen LogP contribution is 2.49. The maximum Gasteiger partial charge on any atom is 0.263 e. The largest absolute Gasteiger partial charge is 0.497 e. The number of methoxy groups -OCH3 is 1. The number of rotatable bonds is 8. The number of hydrogen-bond acceptors (Lipinski definition) is 5. The molecule has 2 aromatic heterocycles. The highest BCUT2D eigenvalue weighted by molar-refractivity contribution is 7.99. The van der Waals surface area contributed by atoms with E-state index in [-0.39, 0.29) is 11.0 Å². The van der Waals surface area contributed by atoms with Crippen LogP contribution in [0.5, 0.6) is 5.75 Å². The molecule has 198 valence electrons. The molecule has 0 atom stereocenters. The summed E-state index contributed by atoms with van der Waals surface area (Å²) in [5, 5.41) is 10.2. The predicted molar refractivity (Wildman–Crippen MR) is 154 cm³/mol. The van der Waals surface area contributed by atoms with E-state index < -0.39 is 0 Å². The third kappa shape index (κ3) is 4.25. The molecule has 2 aromatic carbocycles. The summed E-state index contributed by atoms with van der Waals surface area (Å²) in [5.74, 6) is 2.33. The third-order valence-electron chi connectivity index (χ3n) is 8.40. The minimum atomic E-state index is -0.158. The number of ether oxygens (including phenoxy) is 1. The van der Waals surface area contributed by atoms with Crippen LogP contribution >= 0.6 is 11.8 Å². The number of fused-ring (bicyclic) bond motifs is 6. The van der Waals surface area contributed by atoms with Crippen molar-refractivity contribution in [3.8, 4) is 22.7 Å². The zero-order valence-electron chi connectivity index (χ0n) is 22.4. The van der Waals surface area contributed by atoms with Crippen LogP contribution in [-0.4, -0.2) is 32.0 Å². The number of unbranched alkanes of at least 4 members (excludes halogenated alkanes) is 3. The molecular weight excluding hydrogens is 492 g/mol. The SMILES string of the molecule is CCCCCCSc1nnc2n(-c3ccc(OC)cc3)c(=O)c3c(n12)-c1ccccc1CC31CCCCC1. The molecule has 0 unspecified atom stereocenters. The maximum atomic E-state index is 14.7. The molecule has 2 aliphatic rings. The molecule has 0 bridgehead atoms. The first-order valence-electron chi connectivity index (χ1n) is 14.1. The first-order valence-corrected chi connectivity index (χ1v) is 15.1. The lowest BCUT2D eigenvalue weighted by Gasteiger charge is -2.42. The van der Waals surface area contributed by atoms with Crippen molar-refractivity contribution in [2.24, 2.45) is 0 Å². The summed E-state index contributed by atoms with van der Waals surface area (Å²) < 4.78 is 9.38. The van der Waals surface area contributed by atoms with E-state index in [1.807, 2.05) is 24.3 Å². The molecule has 0 radical (unpaired) electrons. The van der Waals surface area contributed by atoms with Crippen LogP contribution in [0.4, 0.5) is 0 Å². The Labute approximate surface area is 228 Å². The molecule has 6 nitrogen and oxygen atoms in total. The van der Waals surface area contributed by atoms with Gasteiger partial charge >= 0.3 is 0 Å². The monoisotopic (exact) mass is 528 g/mol. The lowest BCUT2D eigenvalue weighted by molar-refractivity contribution is 0.284. The molecule has 1 spiro atoms. The highest BCUT2D eigenvalue weighted by Gasteiger charge is 2.44. The Morgan fingerprint density at radius 1 is 0.974 bits per heavy atom. The van der Waals surface area contributed by atoms with Crippen molar-refractivity contribution in [2.75, 3.05) is 12.9 Å². The molecule has 2 aliphatic carbocycles. The predicted octanol–water partition coefficient (Wildman–Crippen LogP) is 6.99. The van der Waals surface area contributed by atoms with Gasteiger partial charge in [0.25, 0.3) is 5.56 Å². The van der Waals surface area contributed by atoms with Crippen molar-refractivity contribution in [3.63, 3.8) is 0 Å². The van der Waals surface area contributed by atoms with E-state index in [2.05, 4.69) is 45.8 Å². The van der Waals surface area contributed by atoms with Gasteiger partial charge in [0.1, 0.15) is 5.75 Å². The van der Waals surface area contributed by atoms with Gasteiger partial charge in [-0.05, 0) is 55.5 Å². The van der Waals surface area contributed by atoms with Gasteiger partial charge in [0.15, 0.2) is 5.16 Å². The van der Waals surface area contributed by atoms with Crippen LogP contribution in [0.15, 0.2) is 58.5 Å². The van der Waals surface area contributed by atoms with Gasteiger partial charge in [-0.15, -0.1) is 10.2 Å². The summed E-state index contributed by atoms with van der Waals surface area (Å²) in [4.78, 5) is 14.7. The summed E-state index contributed by atoms with van der Waals surface area (Å²) in [6, 6.07) is 16.3. The molecule has 0 aliphatic heterocycles. The molecule has 6 rings (SSSR count). The van der Waals surface area contributed by atoms with Gasteiger partial charge in [-0.2, -0.15) is 0 Å². The molecule has 0 N–H and O–H groups in total. The minimum absolute atomic E-state index is 0.0426. The number of aromatic nitrogens is 4. The van der Waals surface area contributed by atoms with Gasteiger partial charge < -0.3 is 4.74 Å². The second kappa shape index (κ2) is 10.6. The van der Waals surface area contributed by atoms with Crippen LogP contribution in [0.2, 0.25) is 0 Å². The van der Waals surface area contributed by atoms with E-state index in [1.165, 1.54) is 31.2 Å². The maximum absolute atomic E-state index is 14.7. The van der Waals surface area contributed by atoms with Crippen molar-refractivity contribution < 1.29 is 4.74 Å². The molecular formula is C31H36N4O2S. The standard InChI is InChI=1S/C31H36N4O2S/c1-3-4-5-11-20-38-30-33-32-29-34(23-14-16-24(37-2)17-15-23)28(36)26-27(35(29)30)25-13-8-7-12-22(25)21-31(26)18-9-6-10-19-31/h7-8,12-17H,3-6,9-11,18-21H2,1-2H3. The average Bonchev–Trinajstić information content (AvgIpc) is 3.36. The first-order chi connectivity index (χ1) is 18.7. The minimum Gasteiger partial charge on any atom is -0.497 e. The van der Waals surface area contributed by atoms with Gasteiger partial charge in [0.2, 0.25) is 5.78 Å². The lowest BCUT2D eigenvalue weighted by atomic mass is 9.62. The summed E-state index contributed by atoms with van der Waals surface area (Å²) in [7, 11) is 1.66. The molecule has 0 amide bonds. The zero-order valence-corrected chi connectivity index (χ0v) is 23.2. The number of hydrogen-bond donors (Lipinski definition) is 0. The summed E-state index contributed by atoms with van der Waals surface area (Å²) in [6.45, 7) is 2.24. The summed E-state index contributed by atoms with van der Waals surface area (Å²) >= 11 is 1.76. The molecule has 38 heavy (non-hydrogen) atoms. The van der Waals surface area contributed by atoms with Crippen LogP contribution in [0, 0.1) is 0 Å². The first kappa shape index (κ1) is 25.2. The smallest absolute Gasteiger partial charge is 0.263 e. The fourth-order valence-corrected chi connectivity index (χ4v) is 7.45. The van der Waals surface area contributed by atoms with Crippen molar-refractivity contribution in [1.29, 1.82) is 0 Å². The quantitative estimate of drug-likeness (QED) is 0.182. The third-order valence-corrected chi connectivity index (χ3v) is 9.41. The van der Waals surface area contributed by atoms with Gasteiger partial charge in [-0.3, -0.25) is 9.20 Å². The van der Waals surface area contributed by atoms with E-state index in [9.17, 15) is 4.79 Å². The molecule has 4 aromatic rings. The van der Waals surface area contributed by atoms with E-state index in [1.54, 1.807) is 23.4 Å². The fourth-order valence-electron chi connectivity index (χ4n) is 6.52. The van der Waals surface area contributed by atoms with E-state index in [0.717, 1.165) is 77.7 Å². The van der Waals surface area contributed by atoms with E-state index in [4.69, 9.17) is 4.74 Å². The lowest BCUT2D eigenvalue weighted by Crippen LogP contribution is -2.43. The average molecular weight is 529 g/mol. The van der Waals surface area contributed by atoms with Gasteiger partial charge in [-0.1, -0.05) is 81.5 Å². The molecule has 7 heteroatoms. The summed E-state index contributed by atoms with van der Waals surface area (Å²) in [6.07, 6.45) is 11.4. The van der Waals surface area contributed by atoms with Crippen molar-refractivity contribution in [1.82, 2.24) is 19.2 Å². The summed E-state index contributed by atoms with van der Waals surface area (Å²) in [5.41, 5.74) is 5.12. The van der Waals surface area contributed by atoms with Crippen molar-refractivity contribution >= 4 is 17.5 Å². The second-order valence-corrected chi connectivity index (χ2v) is 11.8. The van der Waals surface area contributed by atoms with Gasteiger partial charge in [0.05, 0.1) is 18.5 Å². The Kier molecular flexibility index (Phi) is 7.04.